The fraction of sp³-hybridized carbons (Fsp3) is 0.292. The molecule has 0 saturated carbocycles. The number of allylic oxidation sites excluding steroid dienone is 1. The highest BCUT2D eigenvalue weighted by atomic mass is 16.5. The fourth-order valence-corrected chi connectivity index (χ4v) is 3.60. The Hall–Kier alpha value is -3.61. The average Bonchev–Trinajstić information content (AvgIpc) is 2.75. The molecule has 0 aliphatic carbocycles. The zero-order valence-electron chi connectivity index (χ0n) is 17.9. The van der Waals surface area contributed by atoms with Crippen molar-refractivity contribution in [1.82, 2.24) is 0 Å². The number of hydrogen-bond acceptors (Lipinski definition) is 5. The first-order valence-corrected chi connectivity index (χ1v) is 10.3. The minimum absolute atomic E-state index is 0.136. The SMILES string of the molecule is CCOC(=O)C1=C(C)N(c2ccccc2)C(=O)C[C@@H]1C(=O)Nc1ccc(OCC)cc1. The molecule has 0 spiro atoms. The Morgan fingerprint density at radius 3 is 2.32 bits per heavy atom. The van der Waals surface area contributed by atoms with Crippen LogP contribution in [-0.4, -0.2) is 31.0 Å². The highest BCUT2D eigenvalue weighted by Gasteiger charge is 2.40. The van der Waals surface area contributed by atoms with Crippen LogP contribution in [0.15, 0.2) is 65.9 Å². The topological polar surface area (TPSA) is 84.9 Å². The van der Waals surface area contributed by atoms with Crippen molar-refractivity contribution in [2.24, 2.45) is 5.92 Å². The monoisotopic (exact) mass is 422 g/mol. The summed E-state index contributed by atoms with van der Waals surface area (Å²) >= 11 is 0. The molecule has 0 unspecified atom stereocenters. The lowest BCUT2D eigenvalue weighted by Gasteiger charge is -2.33. The molecule has 0 radical (unpaired) electrons. The number of hydrogen-bond donors (Lipinski definition) is 1. The molecule has 2 amide bonds. The van der Waals surface area contributed by atoms with Gasteiger partial charge in [0.1, 0.15) is 5.75 Å². The Morgan fingerprint density at radius 1 is 1.03 bits per heavy atom. The van der Waals surface area contributed by atoms with Crippen molar-refractivity contribution in [2.75, 3.05) is 23.4 Å². The molecule has 2 aromatic carbocycles. The minimum atomic E-state index is -0.946. The van der Waals surface area contributed by atoms with Crippen LogP contribution in [0.5, 0.6) is 5.75 Å². The van der Waals surface area contributed by atoms with Crippen molar-refractivity contribution in [1.29, 1.82) is 0 Å². The van der Waals surface area contributed by atoms with Gasteiger partial charge in [0.15, 0.2) is 0 Å². The standard InChI is InChI=1S/C24H26N2O5/c1-4-30-19-13-11-17(12-14-19)25-23(28)20-15-21(27)26(18-9-7-6-8-10-18)16(3)22(20)24(29)31-5-2/h6-14,20H,4-5,15H2,1-3H3,(H,25,28)/t20-/m0/s1. The van der Waals surface area contributed by atoms with Gasteiger partial charge in [0.05, 0.1) is 24.7 Å². The molecule has 7 heteroatoms. The van der Waals surface area contributed by atoms with Gasteiger partial charge < -0.3 is 14.8 Å². The van der Waals surface area contributed by atoms with Crippen LogP contribution in [0.2, 0.25) is 0 Å². The molecule has 31 heavy (non-hydrogen) atoms. The number of rotatable bonds is 7. The molecule has 2 aromatic rings. The maximum Gasteiger partial charge on any atom is 0.336 e. The summed E-state index contributed by atoms with van der Waals surface area (Å²) in [6.45, 7) is 5.96. The summed E-state index contributed by atoms with van der Waals surface area (Å²) in [5, 5.41) is 2.80. The Balaban J connectivity index is 1.92. The fourth-order valence-electron chi connectivity index (χ4n) is 3.60. The molecule has 3 rings (SSSR count). The first-order valence-electron chi connectivity index (χ1n) is 10.3. The first-order chi connectivity index (χ1) is 15.0. The van der Waals surface area contributed by atoms with E-state index in [1.54, 1.807) is 50.2 Å². The third kappa shape index (κ3) is 4.94. The van der Waals surface area contributed by atoms with Crippen LogP contribution in [0.1, 0.15) is 27.2 Å². The van der Waals surface area contributed by atoms with Gasteiger partial charge in [-0.15, -0.1) is 0 Å². The third-order valence-corrected chi connectivity index (χ3v) is 4.96. The second kappa shape index (κ2) is 9.93. The Bertz CT molecular complexity index is 983. The van der Waals surface area contributed by atoms with Crippen molar-refractivity contribution in [3.05, 3.63) is 65.9 Å². The molecule has 1 aliphatic rings. The van der Waals surface area contributed by atoms with Gasteiger partial charge in [-0.05, 0) is 57.2 Å². The molecular weight excluding hydrogens is 396 g/mol. The largest absolute Gasteiger partial charge is 0.494 e. The first kappa shape index (κ1) is 22.1. The molecule has 162 valence electrons. The maximum absolute atomic E-state index is 13.1. The van der Waals surface area contributed by atoms with E-state index in [9.17, 15) is 14.4 Å². The lowest BCUT2D eigenvalue weighted by Crippen LogP contribution is -2.43. The van der Waals surface area contributed by atoms with Crippen LogP contribution in [0.3, 0.4) is 0 Å². The van der Waals surface area contributed by atoms with Crippen LogP contribution < -0.4 is 15.0 Å². The normalized spacial score (nSPS) is 16.2. The lowest BCUT2D eigenvalue weighted by molar-refractivity contribution is -0.141. The smallest absolute Gasteiger partial charge is 0.336 e. The van der Waals surface area contributed by atoms with Crippen molar-refractivity contribution in [3.8, 4) is 5.75 Å². The molecule has 0 saturated heterocycles. The predicted molar refractivity (Wildman–Crippen MR) is 118 cm³/mol. The van der Waals surface area contributed by atoms with E-state index >= 15 is 0 Å². The summed E-state index contributed by atoms with van der Waals surface area (Å²) in [4.78, 5) is 40.3. The van der Waals surface area contributed by atoms with Crippen molar-refractivity contribution in [2.45, 2.75) is 27.2 Å². The van der Waals surface area contributed by atoms with Crippen LogP contribution in [0.4, 0.5) is 11.4 Å². The van der Waals surface area contributed by atoms with E-state index in [2.05, 4.69) is 5.32 Å². The Morgan fingerprint density at radius 2 is 1.71 bits per heavy atom. The van der Waals surface area contributed by atoms with Crippen LogP contribution in [-0.2, 0) is 19.1 Å². The number of carbonyl (C=O) groups is 3. The number of ether oxygens (including phenoxy) is 2. The van der Waals surface area contributed by atoms with Crippen molar-refractivity contribution >= 4 is 29.2 Å². The summed E-state index contributed by atoms with van der Waals surface area (Å²) < 4.78 is 10.6. The number of anilines is 2. The summed E-state index contributed by atoms with van der Waals surface area (Å²) in [6, 6.07) is 15.9. The number of benzene rings is 2. The molecular formula is C24H26N2O5. The van der Waals surface area contributed by atoms with E-state index in [-0.39, 0.29) is 24.5 Å². The number of esters is 1. The van der Waals surface area contributed by atoms with Gasteiger partial charge in [0.25, 0.3) is 0 Å². The van der Waals surface area contributed by atoms with Gasteiger partial charge >= 0.3 is 5.97 Å². The van der Waals surface area contributed by atoms with Gasteiger partial charge in [-0.3, -0.25) is 14.5 Å². The molecule has 1 atom stereocenters. The number of carbonyl (C=O) groups excluding carboxylic acids is 3. The van der Waals surface area contributed by atoms with Gasteiger partial charge in [0, 0.05) is 23.5 Å². The van der Waals surface area contributed by atoms with E-state index in [1.165, 1.54) is 4.90 Å². The second-order valence-electron chi connectivity index (χ2n) is 6.99. The van der Waals surface area contributed by atoms with Gasteiger partial charge in [-0.2, -0.15) is 0 Å². The van der Waals surface area contributed by atoms with Crippen LogP contribution >= 0.6 is 0 Å². The number of para-hydroxylation sites is 1. The molecule has 1 aliphatic heterocycles. The highest BCUT2D eigenvalue weighted by molar-refractivity contribution is 6.10. The quantitative estimate of drug-likeness (QED) is 0.684. The van der Waals surface area contributed by atoms with E-state index in [4.69, 9.17) is 9.47 Å². The van der Waals surface area contributed by atoms with Crippen molar-refractivity contribution in [3.63, 3.8) is 0 Å². The van der Waals surface area contributed by atoms with E-state index < -0.39 is 17.8 Å². The summed E-state index contributed by atoms with van der Waals surface area (Å²) in [7, 11) is 0. The van der Waals surface area contributed by atoms with Crippen LogP contribution in [0.25, 0.3) is 0 Å². The predicted octanol–water partition coefficient (Wildman–Crippen LogP) is 3.91. The number of amides is 2. The molecule has 1 heterocycles. The van der Waals surface area contributed by atoms with E-state index in [1.807, 2.05) is 25.1 Å². The highest BCUT2D eigenvalue weighted by Crippen LogP contribution is 2.34. The lowest BCUT2D eigenvalue weighted by atomic mass is 9.88. The number of nitrogens with one attached hydrogen (secondary N) is 1. The molecule has 0 bridgehead atoms. The zero-order chi connectivity index (χ0) is 22.4. The molecule has 0 aromatic heterocycles. The number of nitrogens with zero attached hydrogens (tertiary/aromatic N) is 1. The Kier molecular flexibility index (Phi) is 7.07. The van der Waals surface area contributed by atoms with E-state index in [0.29, 0.717) is 29.4 Å². The van der Waals surface area contributed by atoms with E-state index in [0.717, 1.165) is 0 Å². The minimum Gasteiger partial charge on any atom is -0.494 e. The molecule has 1 N–H and O–H groups in total. The van der Waals surface area contributed by atoms with Gasteiger partial charge in [0.2, 0.25) is 11.8 Å². The average molecular weight is 422 g/mol. The summed E-state index contributed by atoms with van der Waals surface area (Å²) in [5.41, 5.74) is 1.77. The summed E-state index contributed by atoms with van der Waals surface area (Å²) in [5.74, 6) is -1.55. The second-order valence-corrected chi connectivity index (χ2v) is 6.99. The van der Waals surface area contributed by atoms with Gasteiger partial charge in [-0.25, -0.2) is 4.79 Å². The zero-order valence-corrected chi connectivity index (χ0v) is 17.9. The summed E-state index contributed by atoms with van der Waals surface area (Å²) in [6.07, 6.45) is -0.136. The van der Waals surface area contributed by atoms with Crippen LogP contribution in [0, 0.1) is 5.92 Å². The van der Waals surface area contributed by atoms with Gasteiger partial charge in [-0.1, -0.05) is 18.2 Å². The third-order valence-electron chi connectivity index (χ3n) is 4.96. The maximum atomic E-state index is 13.1. The molecule has 0 fully saturated rings. The molecule has 7 nitrogen and oxygen atoms in total. The van der Waals surface area contributed by atoms with Crippen molar-refractivity contribution < 1.29 is 23.9 Å². The Labute approximate surface area is 181 Å².